The Morgan fingerprint density at radius 1 is 0.885 bits per heavy atom. The van der Waals surface area contributed by atoms with Gasteiger partial charge >= 0.3 is 0 Å². The van der Waals surface area contributed by atoms with Crippen LogP contribution in [0.25, 0.3) is 43.3 Å². The molecule has 0 amide bonds. The summed E-state index contributed by atoms with van der Waals surface area (Å²) in [6, 6.07) is 17.0. The lowest BCUT2D eigenvalue weighted by molar-refractivity contribution is 0.112. The summed E-state index contributed by atoms with van der Waals surface area (Å²) in [4.78, 5) is 12.0. The SMILES string of the molecule is CC(C)CCc1oc2c3cccc4ccc5cccc(c2c1C=O)c5c43. The maximum atomic E-state index is 12.0. The molecule has 1 aromatic heterocycles. The van der Waals surface area contributed by atoms with E-state index in [1.807, 2.05) is 0 Å². The van der Waals surface area contributed by atoms with Crippen LogP contribution in [0, 0.1) is 5.92 Å². The molecule has 5 rings (SSSR count). The minimum absolute atomic E-state index is 0.570. The van der Waals surface area contributed by atoms with Gasteiger partial charge in [-0.3, -0.25) is 4.79 Å². The lowest BCUT2D eigenvalue weighted by atomic mass is 9.91. The van der Waals surface area contributed by atoms with Crippen LogP contribution in [0.1, 0.15) is 36.4 Å². The summed E-state index contributed by atoms with van der Waals surface area (Å²) in [5.74, 6) is 1.39. The van der Waals surface area contributed by atoms with E-state index in [1.54, 1.807) is 0 Å². The molecule has 4 aromatic carbocycles. The third kappa shape index (κ3) is 2.02. The molecular formula is C24H20O2. The van der Waals surface area contributed by atoms with Crippen LogP contribution in [0.15, 0.2) is 52.9 Å². The Morgan fingerprint density at radius 3 is 2.19 bits per heavy atom. The normalized spacial score (nSPS) is 12.3. The summed E-state index contributed by atoms with van der Waals surface area (Å²) in [6.07, 6.45) is 2.78. The highest BCUT2D eigenvalue weighted by Gasteiger charge is 2.21. The van der Waals surface area contributed by atoms with E-state index in [2.05, 4.69) is 62.4 Å². The van der Waals surface area contributed by atoms with Crippen LogP contribution in [-0.2, 0) is 6.42 Å². The third-order valence-electron chi connectivity index (χ3n) is 5.49. The van der Waals surface area contributed by atoms with Crippen LogP contribution >= 0.6 is 0 Å². The molecule has 2 nitrogen and oxygen atoms in total. The number of fused-ring (bicyclic) bond motifs is 3. The summed E-state index contributed by atoms with van der Waals surface area (Å²) in [5.41, 5.74) is 1.57. The highest BCUT2D eigenvalue weighted by molar-refractivity contribution is 6.34. The van der Waals surface area contributed by atoms with E-state index in [4.69, 9.17) is 4.42 Å². The van der Waals surface area contributed by atoms with E-state index in [1.165, 1.54) is 21.5 Å². The van der Waals surface area contributed by atoms with E-state index >= 15 is 0 Å². The number of benzene rings is 4. The van der Waals surface area contributed by atoms with Gasteiger partial charge in [0.25, 0.3) is 0 Å². The first-order valence-corrected chi connectivity index (χ1v) is 9.25. The third-order valence-corrected chi connectivity index (χ3v) is 5.49. The molecule has 0 radical (unpaired) electrons. The second-order valence-electron chi connectivity index (χ2n) is 7.57. The number of hydrogen-bond acceptors (Lipinski definition) is 2. The lowest BCUT2D eigenvalue weighted by Crippen LogP contribution is -1.94. The molecule has 1 heterocycles. The minimum Gasteiger partial charge on any atom is -0.460 e. The van der Waals surface area contributed by atoms with Gasteiger partial charge in [-0.2, -0.15) is 0 Å². The van der Waals surface area contributed by atoms with Gasteiger partial charge in [0.2, 0.25) is 0 Å². The van der Waals surface area contributed by atoms with Gasteiger partial charge in [-0.25, -0.2) is 0 Å². The maximum Gasteiger partial charge on any atom is 0.154 e. The summed E-state index contributed by atoms with van der Waals surface area (Å²) in [7, 11) is 0. The van der Waals surface area contributed by atoms with Crippen molar-refractivity contribution in [3.05, 3.63) is 59.9 Å². The highest BCUT2D eigenvalue weighted by Crippen LogP contribution is 2.43. The molecule has 26 heavy (non-hydrogen) atoms. The molecule has 0 fully saturated rings. The van der Waals surface area contributed by atoms with Crippen molar-refractivity contribution in [3.63, 3.8) is 0 Å². The molecule has 0 bridgehead atoms. The van der Waals surface area contributed by atoms with Crippen molar-refractivity contribution < 1.29 is 9.21 Å². The first-order valence-electron chi connectivity index (χ1n) is 9.25. The second-order valence-corrected chi connectivity index (χ2v) is 7.57. The van der Waals surface area contributed by atoms with Crippen molar-refractivity contribution >= 4 is 49.6 Å². The van der Waals surface area contributed by atoms with E-state index < -0.39 is 0 Å². The van der Waals surface area contributed by atoms with Crippen LogP contribution in [0.4, 0.5) is 0 Å². The predicted octanol–water partition coefficient (Wildman–Crippen LogP) is 6.73. The van der Waals surface area contributed by atoms with Gasteiger partial charge in [0.05, 0.1) is 5.56 Å². The van der Waals surface area contributed by atoms with Crippen LogP contribution in [0.2, 0.25) is 0 Å². The fourth-order valence-corrected chi connectivity index (χ4v) is 4.23. The summed E-state index contributed by atoms with van der Waals surface area (Å²) in [5, 5.41) is 8.05. The predicted molar refractivity (Wildman–Crippen MR) is 108 cm³/mol. The average Bonchev–Trinajstić information content (AvgIpc) is 3.04. The molecule has 0 atom stereocenters. The fourth-order valence-electron chi connectivity index (χ4n) is 4.23. The first kappa shape index (κ1) is 15.4. The van der Waals surface area contributed by atoms with Crippen LogP contribution in [0.5, 0.6) is 0 Å². The Balaban J connectivity index is 2.00. The van der Waals surface area contributed by atoms with Gasteiger partial charge in [-0.1, -0.05) is 62.4 Å². The largest absolute Gasteiger partial charge is 0.460 e. The van der Waals surface area contributed by atoms with E-state index in [0.717, 1.165) is 52.2 Å². The van der Waals surface area contributed by atoms with Gasteiger partial charge in [-0.05, 0) is 33.9 Å². The number of aryl methyl sites for hydroxylation is 1. The Bertz CT molecular complexity index is 1270. The zero-order valence-corrected chi connectivity index (χ0v) is 15.0. The van der Waals surface area contributed by atoms with Gasteiger partial charge in [-0.15, -0.1) is 0 Å². The molecule has 0 spiro atoms. The Hall–Kier alpha value is -2.87. The Morgan fingerprint density at radius 2 is 1.54 bits per heavy atom. The average molecular weight is 340 g/mol. The van der Waals surface area contributed by atoms with Crippen molar-refractivity contribution in [2.24, 2.45) is 5.92 Å². The molecule has 0 saturated carbocycles. The molecule has 0 N–H and O–H groups in total. The van der Waals surface area contributed by atoms with E-state index in [-0.39, 0.29) is 0 Å². The molecule has 0 saturated heterocycles. The number of aldehydes is 1. The van der Waals surface area contributed by atoms with Crippen LogP contribution in [0.3, 0.4) is 0 Å². The Kier molecular flexibility index (Phi) is 3.30. The molecule has 2 heteroatoms. The zero-order valence-electron chi connectivity index (χ0n) is 15.0. The summed E-state index contributed by atoms with van der Waals surface area (Å²) in [6.45, 7) is 4.39. The highest BCUT2D eigenvalue weighted by atomic mass is 16.3. The molecule has 0 aliphatic rings. The van der Waals surface area contributed by atoms with Crippen LogP contribution in [-0.4, -0.2) is 6.29 Å². The summed E-state index contributed by atoms with van der Waals surface area (Å²) >= 11 is 0. The molecule has 128 valence electrons. The smallest absolute Gasteiger partial charge is 0.154 e. The van der Waals surface area contributed by atoms with Gasteiger partial charge in [0.1, 0.15) is 11.3 Å². The quantitative estimate of drug-likeness (QED) is 0.268. The zero-order chi connectivity index (χ0) is 17.8. The van der Waals surface area contributed by atoms with Gasteiger partial charge in [0.15, 0.2) is 6.29 Å². The first-order chi connectivity index (χ1) is 12.7. The Labute approximate surface area is 151 Å². The summed E-state index contributed by atoms with van der Waals surface area (Å²) < 4.78 is 6.33. The molecule has 5 aromatic rings. The van der Waals surface area contributed by atoms with Gasteiger partial charge < -0.3 is 4.42 Å². The van der Waals surface area contributed by atoms with Crippen molar-refractivity contribution in [1.29, 1.82) is 0 Å². The van der Waals surface area contributed by atoms with Crippen molar-refractivity contribution in [2.45, 2.75) is 26.7 Å². The van der Waals surface area contributed by atoms with E-state index in [9.17, 15) is 4.79 Å². The van der Waals surface area contributed by atoms with Crippen molar-refractivity contribution in [2.75, 3.05) is 0 Å². The fraction of sp³-hybridized carbons (Fsp3) is 0.208. The number of hydrogen-bond donors (Lipinski definition) is 0. The number of carbonyl (C=O) groups is 1. The maximum absolute atomic E-state index is 12.0. The number of carbonyl (C=O) groups excluding carboxylic acids is 1. The topological polar surface area (TPSA) is 30.2 Å². The molecular weight excluding hydrogens is 320 g/mol. The minimum atomic E-state index is 0.570. The molecule has 0 unspecified atom stereocenters. The lowest BCUT2D eigenvalue weighted by Gasteiger charge is -2.11. The van der Waals surface area contributed by atoms with Crippen LogP contribution < -0.4 is 0 Å². The number of rotatable bonds is 4. The second kappa shape index (κ2) is 5.57. The van der Waals surface area contributed by atoms with Gasteiger partial charge in [0, 0.05) is 22.6 Å². The monoisotopic (exact) mass is 340 g/mol. The van der Waals surface area contributed by atoms with E-state index in [0.29, 0.717) is 5.92 Å². The van der Waals surface area contributed by atoms with Crippen molar-refractivity contribution in [3.8, 4) is 0 Å². The van der Waals surface area contributed by atoms with Crippen molar-refractivity contribution in [1.82, 2.24) is 0 Å². The standard InChI is InChI=1S/C24H20O2/c1-14(2)9-12-20-19(13-25)23-17-7-3-5-15-10-11-16-6-4-8-18(24(23)26-20)22(16)21(15)17/h3-8,10-11,13-14H,9,12H2,1-2H3. The number of furan rings is 1. The molecule has 0 aliphatic heterocycles. The molecule has 0 aliphatic carbocycles.